The topological polar surface area (TPSA) is 77.8 Å². The molecule has 0 radical (unpaired) electrons. The second kappa shape index (κ2) is 4.54. The first-order chi connectivity index (χ1) is 7.25. The van der Waals surface area contributed by atoms with Gasteiger partial charge in [0.15, 0.2) is 0 Å². The van der Waals surface area contributed by atoms with Crippen molar-refractivity contribution in [3.63, 3.8) is 0 Å². The maximum atomic E-state index is 11.8. The van der Waals surface area contributed by atoms with E-state index in [1.54, 1.807) is 6.92 Å². The van der Waals surface area contributed by atoms with Gasteiger partial charge in [-0.25, -0.2) is 12.7 Å². The summed E-state index contributed by atoms with van der Waals surface area (Å²) in [5, 5.41) is 18.0. The molecule has 0 saturated carbocycles. The van der Waals surface area contributed by atoms with E-state index in [0.29, 0.717) is 5.56 Å². The molecule has 0 bridgehead atoms. The van der Waals surface area contributed by atoms with Gasteiger partial charge in [0.2, 0.25) is 10.0 Å². The minimum Gasteiger partial charge on any atom is -0.423 e. The minimum absolute atomic E-state index is 0.0561. The summed E-state index contributed by atoms with van der Waals surface area (Å²) < 4.78 is 24.7. The molecular weight excluding hydrogens is 229 g/mol. The predicted molar refractivity (Wildman–Crippen MR) is 61.9 cm³/mol. The summed E-state index contributed by atoms with van der Waals surface area (Å²) in [6, 6.07) is 4.27. The van der Waals surface area contributed by atoms with Gasteiger partial charge in [-0.2, -0.15) is 0 Å². The van der Waals surface area contributed by atoms with Crippen LogP contribution in [-0.4, -0.2) is 44.0 Å². The Balaban J connectivity index is 3.36. The molecule has 0 aliphatic carbocycles. The van der Waals surface area contributed by atoms with Gasteiger partial charge in [0.05, 0.1) is 4.90 Å². The molecule has 0 saturated heterocycles. The normalized spacial score (nSPS) is 11.9. The lowest BCUT2D eigenvalue weighted by molar-refractivity contribution is 0.425. The van der Waals surface area contributed by atoms with Gasteiger partial charge in [0.1, 0.15) is 0 Å². The second-order valence-corrected chi connectivity index (χ2v) is 5.89. The Morgan fingerprint density at radius 2 is 1.75 bits per heavy atom. The first kappa shape index (κ1) is 13.2. The van der Waals surface area contributed by atoms with Crippen LogP contribution in [0.15, 0.2) is 23.1 Å². The average Bonchev–Trinajstić information content (AvgIpc) is 2.16. The number of rotatable bonds is 3. The quantitative estimate of drug-likeness (QED) is 0.662. The molecule has 0 amide bonds. The van der Waals surface area contributed by atoms with Crippen molar-refractivity contribution in [2.24, 2.45) is 0 Å². The van der Waals surface area contributed by atoms with Crippen LogP contribution in [0.3, 0.4) is 0 Å². The van der Waals surface area contributed by atoms with Crippen LogP contribution < -0.4 is 5.46 Å². The zero-order chi connectivity index (χ0) is 12.5. The molecule has 0 heterocycles. The summed E-state index contributed by atoms with van der Waals surface area (Å²) in [7, 11) is -2.37. The Labute approximate surface area is 95.5 Å². The molecule has 1 aromatic rings. The summed E-state index contributed by atoms with van der Waals surface area (Å²) in [6.45, 7) is 1.69. The molecule has 0 fully saturated rings. The van der Waals surface area contributed by atoms with Crippen LogP contribution in [0.1, 0.15) is 5.56 Å². The van der Waals surface area contributed by atoms with E-state index in [9.17, 15) is 8.42 Å². The zero-order valence-electron chi connectivity index (χ0n) is 9.38. The fourth-order valence-electron chi connectivity index (χ4n) is 1.29. The van der Waals surface area contributed by atoms with Crippen molar-refractivity contribution in [2.75, 3.05) is 14.1 Å². The molecule has 0 aliphatic heterocycles. The smallest absolute Gasteiger partial charge is 0.423 e. The van der Waals surface area contributed by atoms with Crippen molar-refractivity contribution in [3.8, 4) is 0 Å². The summed E-state index contributed by atoms with van der Waals surface area (Å²) >= 11 is 0. The lowest BCUT2D eigenvalue weighted by Crippen LogP contribution is -2.32. The van der Waals surface area contributed by atoms with Crippen LogP contribution in [0, 0.1) is 6.92 Å². The van der Waals surface area contributed by atoms with Gasteiger partial charge < -0.3 is 10.0 Å². The molecule has 7 heteroatoms. The highest BCUT2D eigenvalue weighted by Gasteiger charge is 2.20. The maximum absolute atomic E-state index is 11.8. The standard InChI is InChI=1S/C9H14BNO4S/c1-7-4-8(10(12)13)6-9(5-7)16(14,15)11(2)3/h4-6,12-13H,1-3H3. The third-order valence-electron chi connectivity index (χ3n) is 2.15. The number of nitrogens with zero attached hydrogens (tertiary/aromatic N) is 1. The number of aryl methyl sites for hydroxylation is 1. The fraction of sp³-hybridized carbons (Fsp3) is 0.333. The van der Waals surface area contributed by atoms with E-state index in [4.69, 9.17) is 10.0 Å². The molecule has 1 aromatic carbocycles. The van der Waals surface area contributed by atoms with Crippen LogP contribution in [0.25, 0.3) is 0 Å². The number of hydrogen-bond donors (Lipinski definition) is 2. The zero-order valence-corrected chi connectivity index (χ0v) is 10.2. The largest absolute Gasteiger partial charge is 0.488 e. The highest BCUT2D eigenvalue weighted by molar-refractivity contribution is 7.89. The van der Waals surface area contributed by atoms with Crippen LogP contribution in [0.4, 0.5) is 0 Å². The van der Waals surface area contributed by atoms with E-state index >= 15 is 0 Å². The Hall–Kier alpha value is -0.885. The first-order valence-electron chi connectivity index (χ1n) is 4.65. The van der Waals surface area contributed by atoms with Crippen molar-refractivity contribution in [1.82, 2.24) is 4.31 Å². The molecule has 5 nitrogen and oxygen atoms in total. The highest BCUT2D eigenvalue weighted by atomic mass is 32.2. The van der Waals surface area contributed by atoms with E-state index < -0.39 is 17.1 Å². The van der Waals surface area contributed by atoms with Gasteiger partial charge in [-0.3, -0.25) is 0 Å². The molecule has 0 atom stereocenters. The molecule has 2 N–H and O–H groups in total. The predicted octanol–water partition coefficient (Wildman–Crippen LogP) is -1.07. The lowest BCUT2D eigenvalue weighted by Gasteiger charge is -2.13. The Morgan fingerprint density at radius 3 is 2.19 bits per heavy atom. The number of hydrogen-bond acceptors (Lipinski definition) is 4. The van der Waals surface area contributed by atoms with Gasteiger partial charge in [-0.1, -0.05) is 11.6 Å². The third-order valence-corrected chi connectivity index (χ3v) is 3.94. The molecule has 0 unspecified atom stereocenters. The summed E-state index contributed by atoms with van der Waals surface area (Å²) in [4.78, 5) is 0.0561. The number of sulfonamides is 1. The van der Waals surface area contributed by atoms with Crippen molar-refractivity contribution >= 4 is 22.6 Å². The van der Waals surface area contributed by atoms with Crippen LogP contribution in [-0.2, 0) is 10.0 Å². The molecule has 0 spiro atoms. The van der Waals surface area contributed by atoms with Crippen LogP contribution >= 0.6 is 0 Å². The van der Waals surface area contributed by atoms with E-state index in [0.717, 1.165) is 4.31 Å². The fourth-order valence-corrected chi connectivity index (χ4v) is 2.33. The Morgan fingerprint density at radius 1 is 1.19 bits per heavy atom. The minimum atomic E-state index is -3.54. The SMILES string of the molecule is Cc1cc(B(O)O)cc(S(=O)(=O)N(C)C)c1. The van der Waals surface area contributed by atoms with E-state index in [1.807, 2.05) is 0 Å². The molecule has 0 aromatic heterocycles. The van der Waals surface area contributed by atoms with Gasteiger partial charge in [-0.05, 0) is 24.5 Å². The summed E-state index contributed by atoms with van der Waals surface area (Å²) in [6.07, 6.45) is 0. The molecular formula is C9H14BNO4S. The lowest BCUT2D eigenvalue weighted by atomic mass is 9.80. The van der Waals surface area contributed by atoms with Crippen molar-refractivity contribution in [2.45, 2.75) is 11.8 Å². The van der Waals surface area contributed by atoms with Crippen molar-refractivity contribution in [3.05, 3.63) is 23.8 Å². The average molecular weight is 243 g/mol. The summed E-state index contributed by atoms with van der Waals surface area (Å²) in [5.74, 6) is 0. The molecule has 16 heavy (non-hydrogen) atoms. The molecule has 88 valence electrons. The van der Waals surface area contributed by atoms with Crippen LogP contribution in [0.2, 0.25) is 0 Å². The Bertz CT molecular complexity index is 484. The van der Waals surface area contributed by atoms with Crippen molar-refractivity contribution < 1.29 is 18.5 Å². The van der Waals surface area contributed by atoms with Gasteiger partial charge >= 0.3 is 7.12 Å². The van der Waals surface area contributed by atoms with E-state index in [2.05, 4.69) is 0 Å². The Kier molecular flexibility index (Phi) is 3.74. The monoisotopic (exact) mass is 243 g/mol. The van der Waals surface area contributed by atoms with E-state index in [-0.39, 0.29) is 10.4 Å². The van der Waals surface area contributed by atoms with Gasteiger partial charge in [-0.15, -0.1) is 0 Å². The third kappa shape index (κ3) is 2.62. The first-order valence-corrected chi connectivity index (χ1v) is 6.09. The van der Waals surface area contributed by atoms with E-state index in [1.165, 1.54) is 32.3 Å². The van der Waals surface area contributed by atoms with Crippen LogP contribution in [0.5, 0.6) is 0 Å². The second-order valence-electron chi connectivity index (χ2n) is 3.74. The molecule has 0 aliphatic rings. The van der Waals surface area contributed by atoms with Gasteiger partial charge in [0, 0.05) is 14.1 Å². The number of benzene rings is 1. The van der Waals surface area contributed by atoms with Gasteiger partial charge in [0.25, 0.3) is 0 Å². The maximum Gasteiger partial charge on any atom is 0.488 e. The molecule has 1 rings (SSSR count). The highest BCUT2D eigenvalue weighted by Crippen LogP contribution is 2.13. The van der Waals surface area contributed by atoms with Crippen molar-refractivity contribution in [1.29, 1.82) is 0 Å². The summed E-state index contributed by atoms with van der Waals surface area (Å²) in [5.41, 5.74) is 0.825.